The van der Waals surface area contributed by atoms with Gasteiger partial charge in [-0.25, -0.2) is 0 Å². The van der Waals surface area contributed by atoms with Crippen LogP contribution >= 0.6 is 23.1 Å². The molecule has 158 valence electrons. The van der Waals surface area contributed by atoms with E-state index in [0.717, 1.165) is 27.1 Å². The largest absolute Gasteiger partial charge is 0.489 e. The van der Waals surface area contributed by atoms with Gasteiger partial charge in [0, 0.05) is 11.3 Å². The van der Waals surface area contributed by atoms with Crippen LogP contribution in [0.15, 0.2) is 63.5 Å². The molecule has 7 nitrogen and oxygen atoms in total. The molecule has 2 aromatic carbocycles. The summed E-state index contributed by atoms with van der Waals surface area (Å²) in [5.41, 5.74) is 3.47. The smallest absolute Gasteiger partial charge is 0.257 e. The maximum absolute atomic E-state index is 12.5. The van der Waals surface area contributed by atoms with Gasteiger partial charge in [0.2, 0.25) is 5.13 Å². The van der Waals surface area contributed by atoms with E-state index in [-0.39, 0.29) is 5.91 Å². The van der Waals surface area contributed by atoms with E-state index in [9.17, 15) is 4.79 Å². The highest BCUT2D eigenvalue weighted by Crippen LogP contribution is 2.28. The van der Waals surface area contributed by atoms with Crippen molar-refractivity contribution in [3.05, 3.63) is 82.7 Å². The van der Waals surface area contributed by atoms with Crippen molar-refractivity contribution >= 4 is 34.1 Å². The molecular formula is C22H20N4O3S2. The van der Waals surface area contributed by atoms with Crippen molar-refractivity contribution in [3.8, 4) is 5.75 Å². The Hall–Kier alpha value is -3.17. The van der Waals surface area contributed by atoms with Gasteiger partial charge < -0.3 is 9.26 Å². The topological polar surface area (TPSA) is 90.1 Å². The average molecular weight is 453 g/mol. The van der Waals surface area contributed by atoms with Crippen LogP contribution in [0.25, 0.3) is 0 Å². The Morgan fingerprint density at radius 1 is 1.10 bits per heavy atom. The molecule has 0 radical (unpaired) electrons. The van der Waals surface area contributed by atoms with E-state index < -0.39 is 0 Å². The molecule has 0 atom stereocenters. The number of aryl methyl sites for hydroxylation is 2. The van der Waals surface area contributed by atoms with Gasteiger partial charge in [0.15, 0.2) is 4.34 Å². The summed E-state index contributed by atoms with van der Waals surface area (Å²) in [6.07, 6.45) is 0. The number of amides is 1. The number of anilines is 1. The van der Waals surface area contributed by atoms with Crippen molar-refractivity contribution in [2.45, 2.75) is 30.5 Å². The zero-order valence-electron chi connectivity index (χ0n) is 17.0. The molecule has 2 heterocycles. The molecule has 0 aliphatic rings. The Morgan fingerprint density at radius 2 is 1.87 bits per heavy atom. The predicted molar refractivity (Wildman–Crippen MR) is 121 cm³/mol. The Bertz CT molecular complexity index is 1140. The van der Waals surface area contributed by atoms with Crippen molar-refractivity contribution in [1.29, 1.82) is 0 Å². The second-order valence-electron chi connectivity index (χ2n) is 6.72. The molecule has 0 fully saturated rings. The molecule has 0 saturated heterocycles. The Labute approximate surface area is 187 Å². The lowest BCUT2D eigenvalue weighted by Gasteiger charge is -2.07. The van der Waals surface area contributed by atoms with Gasteiger partial charge in [-0.1, -0.05) is 58.6 Å². The van der Waals surface area contributed by atoms with E-state index in [2.05, 4.69) is 32.8 Å². The molecule has 1 amide bonds. The van der Waals surface area contributed by atoms with E-state index in [1.165, 1.54) is 16.9 Å². The first-order chi connectivity index (χ1) is 15.1. The highest BCUT2D eigenvalue weighted by molar-refractivity contribution is 8.00. The molecule has 0 spiro atoms. The number of thioether (sulfide) groups is 1. The van der Waals surface area contributed by atoms with Crippen LogP contribution in [0, 0.1) is 13.8 Å². The summed E-state index contributed by atoms with van der Waals surface area (Å²) in [4.78, 5) is 12.5. The van der Waals surface area contributed by atoms with Crippen LogP contribution in [0.1, 0.15) is 32.9 Å². The zero-order chi connectivity index (χ0) is 21.6. The number of nitrogens with zero attached hydrogens (tertiary/aromatic N) is 3. The van der Waals surface area contributed by atoms with Crippen LogP contribution in [0.4, 0.5) is 5.13 Å². The normalized spacial score (nSPS) is 10.8. The summed E-state index contributed by atoms with van der Waals surface area (Å²) in [6.45, 7) is 4.09. The molecule has 0 saturated carbocycles. The summed E-state index contributed by atoms with van der Waals surface area (Å²) in [6, 6.07) is 17.1. The molecular weight excluding hydrogens is 432 g/mol. The van der Waals surface area contributed by atoms with Crippen LogP contribution in [-0.4, -0.2) is 21.3 Å². The first-order valence-electron chi connectivity index (χ1n) is 9.54. The maximum atomic E-state index is 12.5. The summed E-state index contributed by atoms with van der Waals surface area (Å²) in [5, 5.41) is 15.4. The standard InChI is InChI=1S/C22H20N4O3S2/c1-14-19(15(2)29-26-14)12-28-18-10-8-17(9-11-18)20(27)23-21-24-25-22(31-21)30-13-16-6-4-3-5-7-16/h3-11H,12-13H2,1-2H3,(H,23,24,27). The van der Waals surface area contributed by atoms with Gasteiger partial charge in [-0.2, -0.15) is 0 Å². The average Bonchev–Trinajstić information content (AvgIpc) is 3.37. The number of rotatable bonds is 8. The monoisotopic (exact) mass is 452 g/mol. The zero-order valence-corrected chi connectivity index (χ0v) is 18.6. The predicted octanol–water partition coefficient (Wildman–Crippen LogP) is 5.27. The number of carbonyl (C=O) groups is 1. The minimum absolute atomic E-state index is 0.243. The fourth-order valence-electron chi connectivity index (χ4n) is 2.77. The molecule has 1 N–H and O–H groups in total. The van der Waals surface area contributed by atoms with Gasteiger partial charge in [0.25, 0.3) is 5.91 Å². The fraction of sp³-hybridized carbons (Fsp3) is 0.182. The second kappa shape index (κ2) is 9.76. The number of carbonyl (C=O) groups excluding carboxylic acids is 1. The summed E-state index contributed by atoms with van der Waals surface area (Å²) in [7, 11) is 0. The van der Waals surface area contributed by atoms with E-state index in [4.69, 9.17) is 9.26 Å². The molecule has 0 bridgehead atoms. The van der Waals surface area contributed by atoms with Gasteiger partial charge in [0.1, 0.15) is 18.1 Å². The number of nitrogens with one attached hydrogen (secondary N) is 1. The minimum Gasteiger partial charge on any atom is -0.489 e. The Kier molecular flexibility index (Phi) is 6.63. The van der Waals surface area contributed by atoms with Crippen LogP contribution in [-0.2, 0) is 12.4 Å². The molecule has 4 aromatic rings. The van der Waals surface area contributed by atoms with E-state index in [1.54, 1.807) is 36.0 Å². The number of benzene rings is 2. The second-order valence-corrected chi connectivity index (χ2v) is 8.92. The van der Waals surface area contributed by atoms with Crippen molar-refractivity contribution in [2.75, 3.05) is 5.32 Å². The van der Waals surface area contributed by atoms with Gasteiger partial charge in [-0.05, 0) is 43.7 Å². The van der Waals surface area contributed by atoms with E-state index in [0.29, 0.717) is 23.1 Å². The van der Waals surface area contributed by atoms with E-state index in [1.807, 2.05) is 32.0 Å². The lowest BCUT2D eigenvalue weighted by molar-refractivity contribution is 0.102. The van der Waals surface area contributed by atoms with Crippen LogP contribution in [0.3, 0.4) is 0 Å². The lowest BCUT2D eigenvalue weighted by Crippen LogP contribution is -2.11. The van der Waals surface area contributed by atoms with Crippen molar-refractivity contribution in [3.63, 3.8) is 0 Å². The third kappa shape index (κ3) is 5.50. The number of hydrogen-bond acceptors (Lipinski definition) is 8. The maximum Gasteiger partial charge on any atom is 0.257 e. The van der Waals surface area contributed by atoms with Gasteiger partial charge in [0.05, 0.1) is 11.3 Å². The molecule has 0 aliphatic carbocycles. The number of aromatic nitrogens is 3. The molecule has 9 heteroatoms. The summed E-state index contributed by atoms with van der Waals surface area (Å²) < 4.78 is 11.7. The SMILES string of the molecule is Cc1noc(C)c1COc1ccc(C(=O)Nc2nnc(SCc3ccccc3)s2)cc1. The third-order valence-corrected chi connectivity index (χ3v) is 6.56. The summed E-state index contributed by atoms with van der Waals surface area (Å²) >= 11 is 2.95. The Morgan fingerprint density at radius 3 is 2.58 bits per heavy atom. The van der Waals surface area contributed by atoms with Crippen molar-refractivity contribution < 1.29 is 14.1 Å². The van der Waals surface area contributed by atoms with Gasteiger partial charge in [-0.3, -0.25) is 10.1 Å². The van der Waals surface area contributed by atoms with Crippen molar-refractivity contribution in [2.24, 2.45) is 0 Å². The summed E-state index contributed by atoms with van der Waals surface area (Å²) in [5.74, 6) is 1.96. The third-order valence-electron chi connectivity index (χ3n) is 4.51. The number of hydrogen-bond donors (Lipinski definition) is 1. The highest BCUT2D eigenvalue weighted by Gasteiger charge is 2.12. The van der Waals surface area contributed by atoms with Crippen molar-refractivity contribution in [1.82, 2.24) is 15.4 Å². The molecule has 2 aromatic heterocycles. The number of ether oxygens (including phenoxy) is 1. The van der Waals surface area contributed by atoms with Crippen LogP contribution in [0.5, 0.6) is 5.75 Å². The van der Waals surface area contributed by atoms with E-state index >= 15 is 0 Å². The minimum atomic E-state index is -0.243. The Balaban J connectivity index is 1.30. The highest BCUT2D eigenvalue weighted by atomic mass is 32.2. The van der Waals surface area contributed by atoms with Crippen LogP contribution < -0.4 is 10.1 Å². The molecule has 31 heavy (non-hydrogen) atoms. The first-order valence-corrected chi connectivity index (χ1v) is 11.3. The fourth-order valence-corrected chi connectivity index (χ4v) is 4.48. The molecule has 4 rings (SSSR count). The first kappa shape index (κ1) is 21.1. The lowest BCUT2D eigenvalue weighted by atomic mass is 10.2. The van der Waals surface area contributed by atoms with Gasteiger partial charge >= 0.3 is 0 Å². The quantitative estimate of drug-likeness (QED) is 0.288. The molecule has 0 aliphatic heterocycles. The molecule has 0 unspecified atom stereocenters. The van der Waals surface area contributed by atoms with Crippen LogP contribution in [0.2, 0.25) is 0 Å². The van der Waals surface area contributed by atoms with Gasteiger partial charge in [-0.15, -0.1) is 10.2 Å².